The number of rotatable bonds is 8. The van der Waals surface area contributed by atoms with Gasteiger partial charge in [0.15, 0.2) is 0 Å². The molecule has 0 aromatic heterocycles. The minimum absolute atomic E-state index is 0.0356. The van der Waals surface area contributed by atoms with Crippen LogP contribution in [0.4, 0.5) is 0 Å². The van der Waals surface area contributed by atoms with Crippen molar-refractivity contribution in [2.45, 2.75) is 37.5 Å². The van der Waals surface area contributed by atoms with Gasteiger partial charge in [-0.25, -0.2) is 8.42 Å². The van der Waals surface area contributed by atoms with Crippen LogP contribution in [-0.4, -0.2) is 99.1 Å². The fraction of sp³-hybridized carbons (Fsp3) is 0.636. The lowest BCUT2D eigenvalue weighted by Crippen LogP contribution is -2.53. The molecule has 1 saturated heterocycles. The van der Waals surface area contributed by atoms with Crippen LogP contribution in [0, 0.1) is 0 Å². The molecule has 0 saturated carbocycles. The summed E-state index contributed by atoms with van der Waals surface area (Å²) < 4.78 is 27.6. The van der Waals surface area contributed by atoms with Gasteiger partial charge in [-0.1, -0.05) is 13.0 Å². The molecule has 0 radical (unpaired) electrons. The minimum Gasteiger partial charge on any atom is -0.348 e. The lowest BCUT2D eigenvalue weighted by molar-refractivity contribution is -0.135. The van der Waals surface area contributed by atoms with E-state index in [1.165, 1.54) is 14.8 Å². The average Bonchev–Trinajstić information content (AvgIpc) is 3.21. The number of likely N-dealkylation sites (N-methyl/N-ethyl adjacent to an activating group) is 1. The van der Waals surface area contributed by atoms with E-state index in [2.05, 4.69) is 0 Å². The maximum Gasteiger partial charge on any atom is 0.243 e. The maximum atomic E-state index is 13.1. The van der Waals surface area contributed by atoms with Crippen molar-refractivity contribution in [3.8, 4) is 0 Å². The molecule has 31 heavy (non-hydrogen) atoms. The molecule has 0 spiro atoms. The Morgan fingerprint density at radius 2 is 1.68 bits per heavy atom. The largest absolute Gasteiger partial charge is 0.348 e. The number of hydrogen-bond donors (Lipinski definition) is 0. The number of carbonyl (C=O) groups is 2. The van der Waals surface area contributed by atoms with E-state index in [4.69, 9.17) is 0 Å². The van der Waals surface area contributed by atoms with Crippen molar-refractivity contribution in [2.75, 3.05) is 59.9 Å². The predicted molar refractivity (Wildman–Crippen MR) is 119 cm³/mol. The normalized spacial score (nSPS) is 17.1. The van der Waals surface area contributed by atoms with Crippen molar-refractivity contribution in [3.05, 3.63) is 29.3 Å². The highest BCUT2D eigenvalue weighted by molar-refractivity contribution is 7.89. The Hall–Kier alpha value is -1.97. The number of amides is 2. The first-order chi connectivity index (χ1) is 14.7. The van der Waals surface area contributed by atoms with Crippen LogP contribution in [0.2, 0.25) is 0 Å². The number of fused-ring (bicyclic) bond motifs is 1. The van der Waals surface area contributed by atoms with Crippen molar-refractivity contribution in [3.63, 3.8) is 0 Å². The van der Waals surface area contributed by atoms with Crippen molar-refractivity contribution < 1.29 is 18.0 Å². The van der Waals surface area contributed by atoms with Gasteiger partial charge < -0.3 is 9.80 Å². The van der Waals surface area contributed by atoms with Crippen LogP contribution >= 0.6 is 0 Å². The molecule has 2 aliphatic rings. The maximum absolute atomic E-state index is 13.1. The van der Waals surface area contributed by atoms with Crippen LogP contribution in [0.5, 0.6) is 0 Å². The van der Waals surface area contributed by atoms with E-state index >= 15 is 0 Å². The van der Waals surface area contributed by atoms with Crippen molar-refractivity contribution in [1.29, 1.82) is 0 Å². The van der Waals surface area contributed by atoms with Crippen molar-refractivity contribution in [2.24, 2.45) is 0 Å². The molecule has 8 nitrogen and oxygen atoms in total. The fourth-order valence-corrected chi connectivity index (χ4v) is 5.66. The van der Waals surface area contributed by atoms with Gasteiger partial charge in [0, 0.05) is 40.3 Å². The number of aryl methyl sites for hydroxylation is 2. The molecule has 1 aromatic carbocycles. The van der Waals surface area contributed by atoms with Gasteiger partial charge in [0.1, 0.15) is 0 Å². The zero-order chi connectivity index (χ0) is 22.6. The summed E-state index contributed by atoms with van der Waals surface area (Å²) in [6.45, 7) is 4.36. The topological polar surface area (TPSA) is 81.2 Å². The Morgan fingerprint density at radius 1 is 1.00 bits per heavy atom. The summed E-state index contributed by atoms with van der Waals surface area (Å²) in [5.74, 6) is -0.0962. The molecule has 0 unspecified atom stereocenters. The van der Waals surface area contributed by atoms with E-state index in [1.54, 1.807) is 25.1 Å². The summed E-state index contributed by atoms with van der Waals surface area (Å²) in [4.78, 5) is 30.3. The zero-order valence-corrected chi connectivity index (χ0v) is 19.7. The number of carbonyl (C=O) groups excluding carboxylic acids is 2. The lowest BCUT2D eigenvalue weighted by Gasteiger charge is -2.35. The Bertz CT molecular complexity index is 908. The molecule has 1 aromatic rings. The summed E-state index contributed by atoms with van der Waals surface area (Å²) in [6.07, 6.45) is 3.88. The van der Waals surface area contributed by atoms with Crippen LogP contribution < -0.4 is 0 Å². The van der Waals surface area contributed by atoms with E-state index in [0.717, 1.165) is 31.2 Å². The third kappa shape index (κ3) is 5.64. The SMILES string of the molecule is CCCN(CC(=O)N(C)C)CC(=O)N1CCN(S(=O)(=O)c2ccc3c(c2)CCC3)CC1. The summed E-state index contributed by atoms with van der Waals surface area (Å²) in [7, 11) is -0.148. The lowest BCUT2D eigenvalue weighted by atomic mass is 10.1. The van der Waals surface area contributed by atoms with Crippen LogP contribution in [0.25, 0.3) is 0 Å². The van der Waals surface area contributed by atoms with Crippen LogP contribution in [0.15, 0.2) is 23.1 Å². The van der Waals surface area contributed by atoms with E-state index < -0.39 is 10.0 Å². The Labute approximate surface area is 185 Å². The van der Waals surface area contributed by atoms with E-state index in [-0.39, 0.29) is 38.0 Å². The molecular formula is C22H34N4O4S. The molecule has 0 atom stereocenters. The quantitative estimate of drug-likeness (QED) is 0.586. The number of hydrogen-bond acceptors (Lipinski definition) is 5. The first-order valence-electron chi connectivity index (χ1n) is 11.0. The van der Waals surface area contributed by atoms with Gasteiger partial charge in [-0.05, 0) is 55.5 Å². The molecule has 1 fully saturated rings. The van der Waals surface area contributed by atoms with Gasteiger partial charge >= 0.3 is 0 Å². The minimum atomic E-state index is -3.56. The Kier molecular flexibility index (Phi) is 7.72. The van der Waals surface area contributed by atoms with Gasteiger partial charge in [0.2, 0.25) is 21.8 Å². The molecule has 172 valence electrons. The third-order valence-electron chi connectivity index (χ3n) is 6.06. The second-order valence-electron chi connectivity index (χ2n) is 8.57. The molecule has 1 aliphatic carbocycles. The van der Waals surface area contributed by atoms with Crippen LogP contribution in [-0.2, 0) is 32.5 Å². The monoisotopic (exact) mass is 450 g/mol. The zero-order valence-electron chi connectivity index (χ0n) is 18.8. The highest BCUT2D eigenvalue weighted by atomic mass is 32.2. The van der Waals surface area contributed by atoms with Gasteiger partial charge in [-0.2, -0.15) is 4.31 Å². The Morgan fingerprint density at radius 3 is 2.32 bits per heavy atom. The van der Waals surface area contributed by atoms with Crippen LogP contribution in [0.1, 0.15) is 30.9 Å². The van der Waals surface area contributed by atoms with Crippen molar-refractivity contribution >= 4 is 21.8 Å². The predicted octanol–water partition coefficient (Wildman–Crippen LogP) is 0.808. The van der Waals surface area contributed by atoms with Gasteiger partial charge in [-0.3, -0.25) is 14.5 Å². The highest BCUT2D eigenvalue weighted by Gasteiger charge is 2.31. The smallest absolute Gasteiger partial charge is 0.243 e. The summed E-state index contributed by atoms with van der Waals surface area (Å²) in [6, 6.07) is 5.47. The highest BCUT2D eigenvalue weighted by Crippen LogP contribution is 2.26. The van der Waals surface area contributed by atoms with Gasteiger partial charge in [0.05, 0.1) is 18.0 Å². The molecule has 3 rings (SSSR count). The molecule has 0 N–H and O–H groups in total. The number of benzene rings is 1. The number of sulfonamides is 1. The first-order valence-corrected chi connectivity index (χ1v) is 12.5. The molecule has 2 amide bonds. The molecule has 1 heterocycles. The van der Waals surface area contributed by atoms with Crippen molar-refractivity contribution in [1.82, 2.24) is 19.0 Å². The van der Waals surface area contributed by atoms with Gasteiger partial charge in [0.25, 0.3) is 0 Å². The summed E-state index contributed by atoms with van der Waals surface area (Å²) in [5, 5.41) is 0. The molecular weight excluding hydrogens is 416 g/mol. The number of nitrogens with zero attached hydrogens (tertiary/aromatic N) is 4. The first kappa shape index (κ1) is 23.7. The molecule has 9 heteroatoms. The second kappa shape index (κ2) is 10.1. The standard InChI is InChI=1S/C22H34N4O4S/c1-4-10-24(16-21(27)23(2)3)17-22(28)25-11-13-26(14-12-25)31(29,30)20-9-8-18-6-5-7-19(18)15-20/h8-9,15H,4-7,10-14,16-17H2,1-3H3. The molecule has 0 bridgehead atoms. The third-order valence-corrected chi connectivity index (χ3v) is 7.95. The molecule has 1 aliphatic heterocycles. The second-order valence-corrected chi connectivity index (χ2v) is 10.5. The summed E-state index contributed by atoms with van der Waals surface area (Å²) >= 11 is 0. The Balaban J connectivity index is 1.58. The van der Waals surface area contributed by atoms with Gasteiger partial charge in [-0.15, -0.1) is 0 Å². The van der Waals surface area contributed by atoms with E-state index in [9.17, 15) is 18.0 Å². The van der Waals surface area contributed by atoms with Crippen LogP contribution in [0.3, 0.4) is 0 Å². The van der Waals surface area contributed by atoms with E-state index in [1.807, 2.05) is 24.0 Å². The average molecular weight is 451 g/mol. The summed E-state index contributed by atoms with van der Waals surface area (Å²) in [5.41, 5.74) is 2.39. The number of piperazine rings is 1. The van der Waals surface area contributed by atoms with E-state index in [0.29, 0.717) is 24.5 Å². The fourth-order valence-electron chi connectivity index (χ4n) is 4.19.